The Labute approximate surface area is 194 Å². The average molecular weight is 532 g/mol. The monoisotopic (exact) mass is 532 g/mol. The van der Waals surface area contributed by atoms with Gasteiger partial charge in [-0.15, -0.1) is 24.0 Å². The van der Waals surface area contributed by atoms with E-state index in [2.05, 4.69) is 40.6 Å². The smallest absolute Gasteiger partial charge is 0.191 e. The Balaban J connectivity index is 0.00000320. The predicted octanol–water partition coefficient (Wildman–Crippen LogP) is 3.48. The molecule has 9 heteroatoms. The molecule has 0 amide bonds. The van der Waals surface area contributed by atoms with Crippen molar-refractivity contribution in [3.63, 3.8) is 0 Å². The fourth-order valence-electron chi connectivity index (χ4n) is 3.75. The van der Waals surface area contributed by atoms with Gasteiger partial charge in [0.25, 0.3) is 0 Å². The third kappa shape index (κ3) is 6.05. The lowest BCUT2D eigenvalue weighted by molar-refractivity contribution is 0.435. The number of para-hydroxylation sites is 1. The van der Waals surface area contributed by atoms with E-state index in [4.69, 9.17) is 0 Å². The number of aliphatic imine (C=N–C) groups is 1. The SMILES string of the molecule is CN=C(NCC(C)Cn1nc(C)cc1C)NC1CCN(c2c(F)cccc2F)C1.I. The number of rotatable bonds is 6. The molecule has 6 nitrogen and oxygen atoms in total. The Morgan fingerprint density at radius 2 is 2.00 bits per heavy atom. The fraction of sp³-hybridized carbons (Fsp3) is 0.524. The van der Waals surface area contributed by atoms with E-state index in [1.807, 2.05) is 11.6 Å². The van der Waals surface area contributed by atoms with Crippen LogP contribution < -0.4 is 15.5 Å². The summed E-state index contributed by atoms with van der Waals surface area (Å²) in [6.07, 6.45) is 0.787. The molecule has 1 aromatic heterocycles. The quantitative estimate of drug-likeness (QED) is 0.340. The number of nitrogens with zero attached hydrogens (tertiary/aromatic N) is 4. The number of anilines is 1. The van der Waals surface area contributed by atoms with Crippen molar-refractivity contribution >= 4 is 35.6 Å². The minimum atomic E-state index is -0.522. The molecule has 2 atom stereocenters. The summed E-state index contributed by atoms with van der Waals surface area (Å²) in [5.41, 5.74) is 2.23. The molecule has 2 N–H and O–H groups in total. The van der Waals surface area contributed by atoms with Gasteiger partial charge in [0.1, 0.15) is 17.3 Å². The number of hydrogen-bond acceptors (Lipinski definition) is 3. The molecule has 1 fully saturated rings. The average Bonchev–Trinajstić information content (AvgIpc) is 3.24. The number of aromatic nitrogens is 2. The van der Waals surface area contributed by atoms with E-state index in [1.165, 1.54) is 18.2 Å². The number of halogens is 3. The van der Waals surface area contributed by atoms with Crippen LogP contribution in [0.25, 0.3) is 0 Å². The lowest BCUT2D eigenvalue weighted by Crippen LogP contribution is -2.46. The zero-order valence-corrected chi connectivity index (χ0v) is 20.3. The molecule has 0 bridgehead atoms. The number of hydrogen-bond donors (Lipinski definition) is 2. The van der Waals surface area contributed by atoms with Crippen LogP contribution in [0, 0.1) is 31.4 Å². The maximum Gasteiger partial charge on any atom is 0.191 e. The van der Waals surface area contributed by atoms with Crippen molar-refractivity contribution in [2.45, 2.75) is 39.8 Å². The zero-order valence-electron chi connectivity index (χ0n) is 18.0. The molecule has 0 radical (unpaired) electrons. The van der Waals surface area contributed by atoms with Gasteiger partial charge in [-0.25, -0.2) is 8.78 Å². The van der Waals surface area contributed by atoms with Crippen molar-refractivity contribution in [2.24, 2.45) is 10.9 Å². The molecule has 1 saturated heterocycles. The molecule has 2 unspecified atom stereocenters. The summed E-state index contributed by atoms with van der Waals surface area (Å²) < 4.78 is 30.1. The first-order valence-corrected chi connectivity index (χ1v) is 10.0. The van der Waals surface area contributed by atoms with E-state index < -0.39 is 11.6 Å². The summed E-state index contributed by atoms with van der Waals surface area (Å²) in [4.78, 5) is 6.04. The van der Waals surface area contributed by atoms with Gasteiger partial charge in [-0.1, -0.05) is 13.0 Å². The second-order valence-corrected chi connectivity index (χ2v) is 7.81. The highest BCUT2D eigenvalue weighted by molar-refractivity contribution is 14.0. The van der Waals surface area contributed by atoms with Crippen molar-refractivity contribution in [1.29, 1.82) is 0 Å². The van der Waals surface area contributed by atoms with E-state index in [0.717, 1.165) is 30.9 Å². The third-order valence-electron chi connectivity index (χ3n) is 5.21. The Morgan fingerprint density at radius 1 is 1.30 bits per heavy atom. The fourth-order valence-corrected chi connectivity index (χ4v) is 3.75. The van der Waals surface area contributed by atoms with Crippen LogP contribution in [0.15, 0.2) is 29.3 Å². The van der Waals surface area contributed by atoms with Gasteiger partial charge in [-0.2, -0.15) is 5.10 Å². The molecule has 0 aliphatic carbocycles. The van der Waals surface area contributed by atoms with Crippen LogP contribution in [0.2, 0.25) is 0 Å². The molecule has 3 rings (SSSR count). The summed E-state index contributed by atoms with van der Waals surface area (Å²) >= 11 is 0. The highest BCUT2D eigenvalue weighted by atomic mass is 127. The van der Waals surface area contributed by atoms with Crippen LogP contribution >= 0.6 is 24.0 Å². The van der Waals surface area contributed by atoms with Gasteiger partial charge in [0.2, 0.25) is 0 Å². The summed E-state index contributed by atoms with van der Waals surface area (Å²) in [6, 6.07) is 6.13. The van der Waals surface area contributed by atoms with Crippen LogP contribution in [0.3, 0.4) is 0 Å². The van der Waals surface area contributed by atoms with Crippen LogP contribution in [-0.4, -0.2) is 48.5 Å². The minimum Gasteiger partial charge on any atom is -0.365 e. The Kier molecular flexibility index (Phi) is 8.87. The van der Waals surface area contributed by atoms with Crippen LogP contribution in [0.4, 0.5) is 14.5 Å². The maximum absolute atomic E-state index is 14.0. The van der Waals surface area contributed by atoms with Crippen molar-refractivity contribution in [2.75, 3.05) is 31.6 Å². The van der Waals surface area contributed by atoms with E-state index in [-0.39, 0.29) is 35.7 Å². The van der Waals surface area contributed by atoms with Crippen LogP contribution in [0.1, 0.15) is 24.7 Å². The van der Waals surface area contributed by atoms with Crippen molar-refractivity contribution in [3.8, 4) is 0 Å². The van der Waals surface area contributed by atoms with E-state index >= 15 is 0 Å². The van der Waals surface area contributed by atoms with Crippen molar-refractivity contribution in [3.05, 3.63) is 47.3 Å². The molecule has 0 spiro atoms. The number of guanidine groups is 1. The summed E-state index contributed by atoms with van der Waals surface area (Å²) in [5.74, 6) is 0.0162. The van der Waals surface area contributed by atoms with Gasteiger partial charge >= 0.3 is 0 Å². The van der Waals surface area contributed by atoms with Gasteiger partial charge in [0.05, 0.1) is 5.69 Å². The molecule has 0 saturated carbocycles. The Hall–Kier alpha value is -1.91. The normalized spacial score (nSPS) is 17.6. The van der Waals surface area contributed by atoms with Crippen LogP contribution in [-0.2, 0) is 6.54 Å². The summed E-state index contributed by atoms with van der Waals surface area (Å²) in [6.45, 7) is 8.92. The molecule has 2 aromatic rings. The Bertz CT molecular complexity index is 849. The second-order valence-electron chi connectivity index (χ2n) is 7.81. The molecular formula is C21H31F2IN6. The molecule has 30 heavy (non-hydrogen) atoms. The molecule has 1 aliphatic rings. The van der Waals surface area contributed by atoms with Crippen LogP contribution in [0.5, 0.6) is 0 Å². The summed E-state index contributed by atoms with van der Waals surface area (Å²) in [7, 11) is 1.73. The standard InChI is InChI=1S/C21H30F2N6.HI/c1-14(12-29-16(3)10-15(2)27-29)11-25-21(24-4)26-17-8-9-28(13-17)20-18(22)6-5-7-19(20)23;/h5-7,10,14,17H,8-9,11-13H2,1-4H3,(H2,24,25,26);1H. The molecule has 166 valence electrons. The lowest BCUT2D eigenvalue weighted by Gasteiger charge is -2.22. The van der Waals surface area contributed by atoms with Gasteiger partial charge in [0.15, 0.2) is 5.96 Å². The van der Waals surface area contributed by atoms with Gasteiger partial charge in [0, 0.05) is 45.0 Å². The first-order valence-electron chi connectivity index (χ1n) is 10.0. The molecule has 1 aliphatic heterocycles. The number of nitrogens with one attached hydrogen (secondary N) is 2. The molecular weight excluding hydrogens is 501 g/mol. The highest BCUT2D eigenvalue weighted by Crippen LogP contribution is 2.26. The highest BCUT2D eigenvalue weighted by Gasteiger charge is 2.27. The third-order valence-corrected chi connectivity index (χ3v) is 5.21. The van der Waals surface area contributed by atoms with E-state index in [0.29, 0.717) is 25.0 Å². The molecule has 2 heterocycles. The topological polar surface area (TPSA) is 57.5 Å². The van der Waals surface area contributed by atoms with E-state index in [1.54, 1.807) is 11.9 Å². The molecule has 1 aromatic carbocycles. The number of aryl methyl sites for hydroxylation is 2. The van der Waals surface area contributed by atoms with Gasteiger partial charge < -0.3 is 15.5 Å². The largest absolute Gasteiger partial charge is 0.365 e. The Morgan fingerprint density at radius 3 is 2.60 bits per heavy atom. The maximum atomic E-state index is 14.0. The van der Waals surface area contributed by atoms with Gasteiger partial charge in [-0.3, -0.25) is 9.67 Å². The van der Waals surface area contributed by atoms with Crippen molar-refractivity contribution in [1.82, 2.24) is 20.4 Å². The summed E-state index contributed by atoms with van der Waals surface area (Å²) in [5, 5.41) is 11.2. The minimum absolute atomic E-state index is 0. The lowest BCUT2D eigenvalue weighted by atomic mass is 10.2. The van der Waals surface area contributed by atoms with E-state index in [9.17, 15) is 8.78 Å². The number of benzene rings is 1. The first kappa shape index (κ1) is 24.4. The first-order chi connectivity index (χ1) is 13.9. The zero-order chi connectivity index (χ0) is 21.0. The van der Waals surface area contributed by atoms with Gasteiger partial charge in [-0.05, 0) is 44.4 Å². The van der Waals surface area contributed by atoms with Crippen molar-refractivity contribution < 1.29 is 8.78 Å². The second kappa shape index (κ2) is 10.9. The predicted molar refractivity (Wildman–Crippen MR) is 128 cm³/mol.